The molecule has 80 valence electrons. The Bertz CT molecular complexity index is 539. The molecule has 3 nitrogen and oxygen atoms in total. The van der Waals surface area contributed by atoms with Crippen molar-refractivity contribution in [1.82, 2.24) is 4.98 Å². The highest BCUT2D eigenvalue weighted by atomic mass is 32.1. The summed E-state index contributed by atoms with van der Waals surface area (Å²) in [5, 5.41) is 12.7. The first-order valence-electron chi connectivity index (χ1n) is 4.59. The molecule has 16 heavy (non-hydrogen) atoms. The Balaban J connectivity index is 2.27. The normalized spacial score (nSPS) is 9.81. The third-order valence-corrected chi connectivity index (χ3v) is 2.82. The van der Waals surface area contributed by atoms with Crippen molar-refractivity contribution < 1.29 is 4.39 Å². The number of thiazole rings is 1. The number of halogens is 1. The van der Waals surface area contributed by atoms with Crippen molar-refractivity contribution in [3.05, 3.63) is 40.0 Å². The third-order valence-electron chi connectivity index (χ3n) is 1.94. The van der Waals surface area contributed by atoms with Gasteiger partial charge in [0.25, 0.3) is 0 Å². The number of anilines is 2. The van der Waals surface area contributed by atoms with E-state index < -0.39 is 0 Å². The maximum atomic E-state index is 12.7. The van der Waals surface area contributed by atoms with Crippen molar-refractivity contribution in [2.24, 2.45) is 0 Å². The van der Waals surface area contributed by atoms with Gasteiger partial charge in [-0.05, 0) is 31.2 Å². The Labute approximate surface area is 96.2 Å². The smallest absolute Gasteiger partial charge is 0.159 e. The quantitative estimate of drug-likeness (QED) is 0.866. The number of aromatic nitrogens is 1. The van der Waals surface area contributed by atoms with Gasteiger partial charge in [0.2, 0.25) is 0 Å². The Morgan fingerprint density at radius 2 is 2.06 bits per heavy atom. The maximum Gasteiger partial charge on any atom is 0.159 e. The molecule has 0 radical (unpaired) electrons. The maximum absolute atomic E-state index is 12.7. The second kappa shape index (κ2) is 4.29. The molecule has 0 saturated heterocycles. The molecular weight excluding hydrogens is 225 g/mol. The van der Waals surface area contributed by atoms with E-state index in [4.69, 9.17) is 5.26 Å². The number of nitrogens with one attached hydrogen (secondary N) is 1. The van der Waals surface area contributed by atoms with Crippen LogP contribution in [0.25, 0.3) is 0 Å². The number of nitriles is 1. The largest absolute Gasteiger partial charge is 0.338 e. The van der Waals surface area contributed by atoms with Gasteiger partial charge < -0.3 is 5.32 Å². The van der Waals surface area contributed by atoms with Crippen LogP contribution in [0.15, 0.2) is 24.3 Å². The van der Waals surface area contributed by atoms with E-state index in [0.717, 1.165) is 5.01 Å². The summed E-state index contributed by atoms with van der Waals surface area (Å²) in [6.07, 6.45) is 0. The molecule has 1 aromatic heterocycles. The molecule has 1 N–H and O–H groups in total. The van der Waals surface area contributed by atoms with Gasteiger partial charge in [-0.1, -0.05) is 0 Å². The summed E-state index contributed by atoms with van der Waals surface area (Å²) >= 11 is 1.33. The van der Waals surface area contributed by atoms with Gasteiger partial charge in [0.15, 0.2) is 5.82 Å². The number of benzene rings is 1. The van der Waals surface area contributed by atoms with Crippen molar-refractivity contribution in [3.8, 4) is 6.07 Å². The fraction of sp³-hybridized carbons (Fsp3) is 0.0909. The number of rotatable bonds is 2. The van der Waals surface area contributed by atoms with Crippen LogP contribution in [0.5, 0.6) is 0 Å². The lowest BCUT2D eigenvalue weighted by Gasteiger charge is -2.02. The molecule has 1 aromatic carbocycles. The number of nitrogens with zero attached hydrogens (tertiary/aromatic N) is 2. The first-order chi connectivity index (χ1) is 7.69. The summed E-state index contributed by atoms with van der Waals surface area (Å²) < 4.78 is 12.7. The Morgan fingerprint density at radius 1 is 1.38 bits per heavy atom. The fourth-order valence-electron chi connectivity index (χ4n) is 1.26. The SMILES string of the molecule is Cc1nc(Nc2ccc(F)cc2)c(C#N)s1. The van der Waals surface area contributed by atoms with Crippen LogP contribution in [-0.4, -0.2) is 4.98 Å². The lowest BCUT2D eigenvalue weighted by Crippen LogP contribution is -1.92. The second-order valence-corrected chi connectivity index (χ2v) is 4.36. The lowest BCUT2D eigenvalue weighted by atomic mass is 10.3. The van der Waals surface area contributed by atoms with E-state index in [-0.39, 0.29) is 5.82 Å². The van der Waals surface area contributed by atoms with Crippen molar-refractivity contribution in [2.45, 2.75) is 6.92 Å². The zero-order valence-electron chi connectivity index (χ0n) is 8.49. The molecule has 0 bridgehead atoms. The van der Waals surface area contributed by atoms with E-state index in [1.165, 1.54) is 23.5 Å². The van der Waals surface area contributed by atoms with Gasteiger partial charge in [-0.2, -0.15) is 5.26 Å². The number of hydrogen-bond acceptors (Lipinski definition) is 4. The molecule has 0 fully saturated rings. The molecule has 0 spiro atoms. The first-order valence-corrected chi connectivity index (χ1v) is 5.41. The highest BCUT2D eigenvalue weighted by Crippen LogP contribution is 2.24. The number of aryl methyl sites for hydroxylation is 1. The molecule has 0 aliphatic rings. The Kier molecular flexibility index (Phi) is 2.84. The molecule has 0 unspecified atom stereocenters. The van der Waals surface area contributed by atoms with Gasteiger partial charge in [-0.3, -0.25) is 0 Å². The van der Waals surface area contributed by atoms with Crippen molar-refractivity contribution in [1.29, 1.82) is 5.26 Å². The summed E-state index contributed by atoms with van der Waals surface area (Å²) in [4.78, 5) is 4.72. The third kappa shape index (κ3) is 2.18. The van der Waals surface area contributed by atoms with Gasteiger partial charge >= 0.3 is 0 Å². The van der Waals surface area contributed by atoms with Gasteiger partial charge in [-0.25, -0.2) is 9.37 Å². The molecule has 1 heterocycles. The van der Waals surface area contributed by atoms with Crippen LogP contribution in [0, 0.1) is 24.1 Å². The fourth-order valence-corrected chi connectivity index (χ4v) is 1.93. The molecule has 2 aromatic rings. The highest BCUT2D eigenvalue weighted by molar-refractivity contribution is 7.12. The van der Waals surface area contributed by atoms with Gasteiger partial charge in [0.1, 0.15) is 16.8 Å². The van der Waals surface area contributed by atoms with Crippen LogP contribution in [0.2, 0.25) is 0 Å². The minimum Gasteiger partial charge on any atom is -0.338 e. The Morgan fingerprint density at radius 3 is 2.69 bits per heavy atom. The van der Waals surface area contributed by atoms with Crippen LogP contribution in [-0.2, 0) is 0 Å². The molecule has 0 atom stereocenters. The second-order valence-electron chi connectivity index (χ2n) is 3.15. The average Bonchev–Trinajstić information content (AvgIpc) is 2.62. The van der Waals surface area contributed by atoms with Crippen LogP contribution < -0.4 is 5.32 Å². The number of hydrogen-bond donors (Lipinski definition) is 1. The summed E-state index contributed by atoms with van der Waals surface area (Å²) in [5.74, 6) is 0.233. The zero-order valence-corrected chi connectivity index (χ0v) is 9.31. The summed E-state index contributed by atoms with van der Waals surface area (Å²) in [7, 11) is 0. The predicted octanol–water partition coefficient (Wildman–Crippen LogP) is 3.21. The minimum absolute atomic E-state index is 0.291. The molecule has 5 heteroatoms. The van der Waals surface area contributed by atoms with Crippen LogP contribution in [0.4, 0.5) is 15.9 Å². The molecule has 0 amide bonds. The topological polar surface area (TPSA) is 48.7 Å². The van der Waals surface area contributed by atoms with E-state index >= 15 is 0 Å². The summed E-state index contributed by atoms with van der Waals surface area (Å²) in [6, 6.07) is 7.98. The van der Waals surface area contributed by atoms with Crippen LogP contribution in [0.1, 0.15) is 9.88 Å². The van der Waals surface area contributed by atoms with E-state index in [9.17, 15) is 4.39 Å². The van der Waals surface area contributed by atoms with Gasteiger partial charge in [0, 0.05) is 5.69 Å². The van der Waals surface area contributed by atoms with Crippen LogP contribution >= 0.6 is 11.3 Å². The first kappa shape index (κ1) is 10.6. The minimum atomic E-state index is -0.291. The molecule has 2 rings (SSSR count). The highest BCUT2D eigenvalue weighted by Gasteiger charge is 2.08. The lowest BCUT2D eigenvalue weighted by molar-refractivity contribution is 0.628. The van der Waals surface area contributed by atoms with Crippen molar-refractivity contribution in [2.75, 3.05) is 5.32 Å². The van der Waals surface area contributed by atoms with Gasteiger partial charge in [-0.15, -0.1) is 11.3 Å². The summed E-state index contributed by atoms with van der Waals surface area (Å²) in [6.45, 7) is 1.83. The molecular formula is C11H8FN3S. The monoisotopic (exact) mass is 233 g/mol. The van der Waals surface area contributed by atoms with E-state index in [1.807, 2.05) is 6.92 Å². The standard InChI is InChI=1S/C11H8FN3S/c1-7-14-11(10(6-13)16-7)15-9-4-2-8(12)3-5-9/h2-5,15H,1H3. The van der Waals surface area contributed by atoms with E-state index in [0.29, 0.717) is 16.4 Å². The molecule has 0 saturated carbocycles. The zero-order chi connectivity index (χ0) is 11.5. The van der Waals surface area contributed by atoms with E-state index in [1.54, 1.807) is 12.1 Å². The molecule has 0 aliphatic heterocycles. The Hall–Kier alpha value is -1.93. The summed E-state index contributed by atoms with van der Waals surface area (Å²) in [5.41, 5.74) is 0.711. The van der Waals surface area contributed by atoms with Gasteiger partial charge in [0.05, 0.1) is 5.01 Å². The van der Waals surface area contributed by atoms with E-state index in [2.05, 4.69) is 16.4 Å². The predicted molar refractivity (Wildman–Crippen MR) is 61.2 cm³/mol. The van der Waals surface area contributed by atoms with Crippen molar-refractivity contribution in [3.63, 3.8) is 0 Å². The molecule has 0 aliphatic carbocycles. The van der Waals surface area contributed by atoms with Crippen LogP contribution in [0.3, 0.4) is 0 Å². The van der Waals surface area contributed by atoms with Crippen molar-refractivity contribution >= 4 is 22.8 Å². The average molecular weight is 233 g/mol.